The largest absolute Gasteiger partial charge is 0.388 e. The number of rotatable bonds is 12. The second-order valence-corrected chi connectivity index (χ2v) is 11.0. The number of hydrogen-bond donors (Lipinski definition) is 1. The summed E-state index contributed by atoms with van der Waals surface area (Å²) in [6, 6.07) is 16.8. The summed E-state index contributed by atoms with van der Waals surface area (Å²) in [7, 11) is -3.87. The molecule has 0 saturated carbocycles. The lowest BCUT2D eigenvalue weighted by Crippen LogP contribution is -2.49. The Labute approximate surface area is 199 Å². The van der Waals surface area contributed by atoms with Gasteiger partial charge in [0.15, 0.2) is 0 Å². The van der Waals surface area contributed by atoms with Gasteiger partial charge in [-0.2, -0.15) is 8.42 Å². The summed E-state index contributed by atoms with van der Waals surface area (Å²) in [6.45, 7) is 7.34. The molecule has 1 aliphatic heterocycles. The van der Waals surface area contributed by atoms with E-state index in [0.29, 0.717) is 19.5 Å². The van der Waals surface area contributed by atoms with Crippen LogP contribution >= 0.6 is 0 Å². The molecule has 0 unspecified atom stereocenters. The Hall–Kier alpha value is -1.73. The minimum atomic E-state index is -3.87. The molecule has 1 fully saturated rings. The second kappa shape index (κ2) is 11.6. The topological polar surface area (TPSA) is 66.8 Å². The Kier molecular flexibility index (Phi) is 9.10. The molecule has 3 rings (SSSR count). The third-order valence-corrected chi connectivity index (χ3v) is 8.09. The smallest absolute Gasteiger partial charge is 0.297 e. The van der Waals surface area contributed by atoms with Gasteiger partial charge in [0, 0.05) is 19.1 Å². The van der Waals surface area contributed by atoms with Gasteiger partial charge in [0.05, 0.1) is 16.6 Å². The Morgan fingerprint density at radius 2 is 1.61 bits per heavy atom. The first kappa shape index (κ1) is 25.9. The molecule has 0 amide bonds. The van der Waals surface area contributed by atoms with Gasteiger partial charge >= 0.3 is 0 Å². The fourth-order valence-electron chi connectivity index (χ4n) is 4.85. The van der Waals surface area contributed by atoms with Crippen LogP contribution in [0.1, 0.15) is 69.9 Å². The van der Waals surface area contributed by atoms with Crippen molar-refractivity contribution in [1.29, 1.82) is 0 Å². The van der Waals surface area contributed by atoms with Crippen LogP contribution in [0.25, 0.3) is 0 Å². The lowest BCUT2D eigenvalue weighted by molar-refractivity contribution is -0.0518. The van der Waals surface area contributed by atoms with E-state index in [1.807, 2.05) is 25.1 Å². The first-order chi connectivity index (χ1) is 15.8. The zero-order chi connectivity index (χ0) is 23.9. The zero-order valence-corrected chi connectivity index (χ0v) is 21.1. The van der Waals surface area contributed by atoms with Crippen LogP contribution in [0.2, 0.25) is 0 Å². The van der Waals surface area contributed by atoms with Crippen molar-refractivity contribution >= 4 is 10.1 Å². The lowest BCUT2D eigenvalue weighted by Gasteiger charge is -2.39. The summed E-state index contributed by atoms with van der Waals surface area (Å²) in [5.74, 6) is 0. The Morgan fingerprint density at radius 1 is 1.00 bits per heavy atom. The van der Waals surface area contributed by atoms with E-state index >= 15 is 0 Å². The molecule has 0 bridgehead atoms. The van der Waals surface area contributed by atoms with Crippen molar-refractivity contribution in [3.8, 4) is 0 Å². The maximum atomic E-state index is 13.0. The van der Waals surface area contributed by atoms with E-state index < -0.39 is 21.8 Å². The number of nitrogens with zero attached hydrogens (tertiary/aromatic N) is 1. The molecule has 33 heavy (non-hydrogen) atoms. The van der Waals surface area contributed by atoms with E-state index in [-0.39, 0.29) is 10.9 Å². The molecule has 1 aliphatic rings. The third-order valence-electron chi connectivity index (χ3n) is 6.71. The van der Waals surface area contributed by atoms with E-state index in [1.54, 1.807) is 24.3 Å². The standard InChI is InChI=1S/C27H39NO4S/c1-4-6-17-27(29,18-7-5-2)26-19-24(21-28(26)20-23-11-9-8-10-12-23)32-33(30,31)25-15-13-22(3)14-16-25/h8-16,24,26,29H,4-7,17-21H2,1-3H3/t24-,26+/m1/s1. The predicted molar refractivity (Wildman–Crippen MR) is 132 cm³/mol. The summed E-state index contributed by atoms with van der Waals surface area (Å²) in [4.78, 5) is 2.41. The van der Waals surface area contributed by atoms with Crippen molar-refractivity contribution in [3.63, 3.8) is 0 Å². The fourth-order valence-corrected chi connectivity index (χ4v) is 5.92. The maximum absolute atomic E-state index is 13.0. The number of hydrogen-bond acceptors (Lipinski definition) is 5. The highest BCUT2D eigenvalue weighted by Gasteiger charge is 2.46. The maximum Gasteiger partial charge on any atom is 0.297 e. The molecular weight excluding hydrogens is 434 g/mol. The molecule has 182 valence electrons. The molecule has 2 atom stereocenters. The van der Waals surface area contributed by atoms with Crippen molar-refractivity contribution < 1.29 is 17.7 Å². The van der Waals surface area contributed by atoms with Gasteiger partial charge in [-0.3, -0.25) is 9.08 Å². The normalized spacial score (nSPS) is 19.8. The van der Waals surface area contributed by atoms with Crippen molar-refractivity contribution in [2.24, 2.45) is 0 Å². The van der Waals surface area contributed by atoms with E-state index in [1.165, 1.54) is 0 Å². The molecule has 2 aromatic carbocycles. The zero-order valence-electron chi connectivity index (χ0n) is 20.2. The van der Waals surface area contributed by atoms with Crippen LogP contribution in [0.15, 0.2) is 59.5 Å². The molecule has 6 heteroatoms. The predicted octanol–water partition coefficient (Wildman–Crippen LogP) is 5.45. The van der Waals surface area contributed by atoms with Crippen LogP contribution in [0.4, 0.5) is 0 Å². The Balaban J connectivity index is 1.84. The number of unbranched alkanes of at least 4 members (excludes halogenated alkanes) is 2. The Morgan fingerprint density at radius 3 is 2.18 bits per heavy atom. The minimum Gasteiger partial charge on any atom is -0.388 e. The summed E-state index contributed by atoms with van der Waals surface area (Å²) in [5, 5.41) is 11.8. The number of aryl methyl sites for hydroxylation is 1. The van der Waals surface area contributed by atoms with Gasteiger partial charge in [0.25, 0.3) is 10.1 Å². The van der Waals surface area contributed by atoms with E-state index in [9.17, 15) is 13.5 Å². The SMILES string of the molecule is CCCCC(O)(CCCC)[C@@H]1C[C@@H](OS(=O)(=O)c2ccc(C)cc2)CN1Cc1ccccc1. The first-order valence-electron chi connectivity index (χ1n) is 12.3. The quantitative estimate of drug-likeness (QED) is 0.415. The molecule has 5 nitrogen and oxygen atoms in total. The molecule has 2 aromatic rings. The van der Waals surface area contributed by atoms with Gasteiger partial charge in [0.1, 0.15) is 0 Å². The van der Waals surface area contributed by atoms with Gasteiger partial charge in [0.2, 0.25) is 0 Å². The van der Waals surface area contributed by atoms with Gasteiger partial charge in [-0.15, -0.1) is 0 Å². The summed E-state index contributed by atoms with van der Waals surface area (Å²) >= 11 is 0. The highest BCUT2D eigenvalue weighted by Crippen LogP contribution is 2.37. The van der Waals surface area contributed by atoms with Crippen LogP contribution in [-0.2, 0) is 20.8 Å². The molecule has 1 saturated heterocycles. The van der Waals surface area contributed by atoms with Gasteiger partial charge in [-0.05, 0) is 43.9 Å². The van der Waals surface area contributed by atoms with Crippen molar-refractivity contribution in [3.05, 3.63) is 65.7 Å². The molecular formula is C27H39NO4S. The second-order valence-electron chi connectivity index (χ2n) is 9.46. The van der Waals surface area contributed by atoms with Crippen LogP contribution in [0.3, 0.4) is 0 Å². The summed E-state index contributed by atoms with van der Waals surface area (Å²) in [6.07, 6.45) is 5.38. The van der Waals surface area contributed by atoms with E-state index in [4.69, 9.17) is 4.18 Å². The third kappa shape index (κ3) is 6.89. The molecule has 0 spiro atoms. The molecule has 0 aromatic heterocycles. The monoisotopic (exact) mass is 473 g/mol. The van der Waals surface area contributed by atoms with Gasteiger partial charge in [-0.25, -0.2) is 0 Å². The number of likely N-dealkylation sites (tertiary alicyclic amines) is 1. The average Bonchev–Trinajstić information content (AvgIpc) is 3.19. The van der Waals surface area contributed by atoms with Crippen LogP contribution in [-0.4, -0.2) is 42.7 Å². The van der Waals surface area contributed by atoms with Gasteiger partial charge < -0.3 is 5.11 Å². The van der Waals surface area contributed by atoms with Crippen molar-refractivity contribution in [2.45, 2.75) is 94.9 Å². The first-order valence-corrected chi connectivity index (χ1v) is 13.7. The molecule has 1 N–H and O–H groups in total. The summed E-state index contributed by atoms with van der Waals surface area (Å²) in [5.41, 5.74) is 1.30. The van der Waals surface area contributed by atoms with E-state index in [0.717, 1.165) is 49.7 Å². The number of aliphatic hydroxyl groups is 1. The Bertz CT molecular complexity index is 951. The summed E-state index contributed by atoms with van der Waals surface area (Å²) < 4.78 is 31.7. The van der Waals surface area contributed by atoms with Gasteiger partial charge in [-0.1, -0.05) is 87.6 Å². The lowest BCUT2D eigenvalue weighted by atomic mass is 9.82. The minimum absolute atomic E-state index is 0.144. The molecule has 1 heterocycles. The van der Waals surface area contributed by atoms with Crippen molar-refractivity contribution in [1.82, 2.24) is 4.90 Å². The highest BCUT2D eigenvalue weighted by atomic mass is 32.2. The highest BCUT2D eigenvalue weighted by molar-refractivity contribution is 7.86. The van der Waals surface area contributed by atoms with E-state index in [2.05, 4.69) is 30.9 Å². The van der Waals surface area contributed by atoms with Crippen molar-refractivity contribution in [2.75, 3.05) is 6.54 Å². The molecule has 0 radical (unpaired) electrons. The fraction of sp³-hybridized carbons (Fsp3) is 0.556. The number of benzene rings is 2. The molecule has 0 aliphatic carbocycles. The van der Waals surface area contributed by atoms with Crippen LogP contribution in [0, 0.1) is 6.92 Å². The van der Waals surface area contributed by atoms with Crippen LogP contribution in [0.5, 0.6) is 0 Å². The average molecular weight is 474 g/mol. The van der Waals surface area contributed by atoms with Crippen LogP contribution < -0.4 is 0 Å².